The second-order valence-electron chi connectivity index (χ2n) is 2.66. The van der Waals surface area contributed by atoms with E-state index >= 15 is 0 Å². The molecule has 76 valence electrons. The molecule has 7 heteroatoms. The lowest BCUT2D eigenvalue weighted by atomic mass is 10.4. The van der Waals surface area contributed by atoms with E-state index in [1.165, 1.54) is 24.5 Å². The minimum absolute atomic E-state index is 0.0835. The second kappa shape index (κ2) is 3.37. The molecular formula is C8H5N3O4. The maximum absolute atomic E-state index is 10.3. The topological polar surface area (TPSA) is 102 Å². The Hall–Kier alpha value is -2.44. The minimum Gasteiger partial charge on any atom is -0.505 e. The van der Waals surface area contributed by atoms with Gasteiger partial charge in [0.2, 0.25) is 0 Å². The van der Waals surface area contributed by atoms with Crippen LogP contribution >= 0.6 is 0 Å². The molecule has 1 N–H and O–H groups in total. The highest BCUT2D eigenvalue weighted by molar-refractivity contribution is 5.48. The highest BCUT2D eigenvalue weighted by Crippen LogP contribution is 2.23. The van der Waals surface area contributed by atoms with E-state index in [-0.39, 0.29) is 23.2 Å². The molecule has 0 aliphatic heterocycles. The van der Waals surface area contributed by atoms with Crippen LogP contribution in [0.4, 0.5) is 5.88 Å². The number of furan rings is 1. The molecule has 2 heterocycles. The maximum Gasteiger partial charge on any atom is 0.433 e. The van der Waals surface area contributed by atoms with Crippen molar-refractivity contribution in [3.63, 3.8) is 0 Å². The van der Waals surface area contributed by atoms with Crippen molar-refractivity contribution in [3.8, 4) is 17.3 Å². The highest BCUT2D eigenvalue weighted by Gasteiger charge is 2.14. The normalized spacial score (nSPS) is 10.1. The Kier molecular flexibility index (Phi) is 2.05. The Morgan fingerprint density at radius 3 is 2.53 bits per heavy atom. The van der Waals surface area contributed by atoms with Gasteiger partial charge in [-0.2, -0.15) is 0 Å². The summed E-state index contributed by atoms with van der Waals surface area (Å²) in [5.41, 5.74) is 0. The molecule has 0 spiro atoms. The van der Waals surface area contributed by atoms with E-state index in [2.05, 4.69) is 9.97 Å². The average Bonchev–Trinajstić information content (AvgIpc) is 2.68. The van der Waals surface area contributed by atoms with E-state index in [1.807, 2.05) is 0 Å². The summed E-state index contributed by atoms with van der Waals surface area (Å²) in [4.78, 5) is 17.2. The molecule has 0 saturated carbocycles. The molecule has 0 aliphatic rings. The number of rotatable bonds is 2. The Labute approximate surface area is 83.2 Å². The summed E-state index contributed by atoms with van der Waals surface area (Å²) >= 11 is 0. The molecule has 0 fully saturated rings. The lowest BCUT2D eigenvalue weighted by Crippen LogP contribution is -1.85. The molecule has 0 aromatic carbocycles. The molecule has 0 bridgehead atoms. The summed E-state index contributed by atoms with van der Waals surface area (Å²) in [7, 11) is 0. The van der Waals surface area contributed by atoms with Gasteiger partial charge in [-0.25, -0.2) is 9.97 Å². The van der Waals surface area contributed by atoms with Gasteiger partial charge in [-0.1, -0.05) is 0 Å². The SMILES string of the molecule is O=[N+]([O-])c1ccc(-c2ncc(O)cn2)o1. The first-order valence-electron chi connectivity index (χ1n) is 3.92. The number of aromatic hydroxyl groups is 1. The summed E-state index contributed by atoms with van der Waals surface area (Å²) < 4.78 is 4.87. The molecule has 0 unspecified atom stereocenters. The van der Waals surface area contributed by atoms with Gasteiger partial charge in [-0.05, 0) is 6.07 Å². The standard InChI is InChI=1S/C8H5N3O4/c12-5-3-9-8(10-4-5)6-1-2-7(15-6)11(13)14/h1-4,12H. The van der Waals surface area contributed by atoms with Crippen LogP contribution in [0.2, 0.25) is 0 Å². The van der Waals surface area contributed by atoms with Crippen LogP contribution in [0.1, 0.15) is 0 Å². The van der Waals surface area contributed by atoms with E-state index in [0.717, 1.165) is 0 Å². The van der Waals surface area contributed by atoms with Gasteiger partial charge in [0.1, 0.15) is 4.92 Å². The zero-order valence-corrected chi connectivity index (χ0v) is 7.32. The van der Waals surface area contributed by atoms with Crippen LogP contribution in [0.3, 0.4) is 0 Å². The van der Waals surface area contributed by atoms with Crippen LogP contribution in [0, 0.1) is 10.1 Å². The molecule has 0 aliphatic carbocycles. The Bertz CT molecular complexity index is 491. The molecule has 2 aromatic rings. The van der Waals surface area contributed by atoms with Gasteiger partial charge >= 0.3 is 5.88 Å². The predicted molar refractivity (Wildman–Crippen MR) is 48.1 cm³/mol. The third-order valence-electron chi connectivity index (χ3n) is 1.63. The van der Waals surface area contributed by atoms with Crippen LogP contribution in [0.5, 0.6) is 5.75 Å². The smallest absolute Gasteiger partial charge is 0.433 e. The molecule has 0 radical (unpaired) electrons. The average molecular weight is 207 g/mol. The lowest BCUT2D eigenvalue weighted by Gasteiger charge is -1.93. The summed E-state index contributed by atoms with van der Waals surface area (Å²) in [6.07, 6.45) is 2.35. The first-order valence-corrected chi connectivity index (χ1v) is 3.92. The van der Waals surface area contributed by atoms with Crippen molar-refractivity contribution >= 4 is 5.88 Å². The fourth-order valence-corrected chi connectivity index (χ4v) is 0.994. The molecule has 2 aromatic heterocycles. The number of nitro groups is 1. The monoisotopic (exact) mass is 207 g/mol. The van der Waals surface area contributed by atoms with Crippen LogP contribution in [0.25, 0.3) is 11.6 Å². The van der Waals surface area contributed by atoms with Crippen LogP contribution in [-0.4, -0.2) is 20.0 Å². The summed E-state index contributed by atoms with van der Waals surface area (Å²) in [6, 6.07) is 2.61. The Morgan fingerprint density at radius 1 is 1.33 bits per heavy atom. The van der Waals surface area contributed by atoms with Gasteiger partial charge in [0.05, 0.1) is 18.5 Å². The van der Waals surface area contributed by atoms with Crippen molar-refractivity contribution in [2.24, 2.45) is 0 Å². The van der Waals surface area contributed by atoms with Crippen molar-refractivity contribution in [3.05, 3.63) is 34.6 Å². The van der Waals surface area contributed by atoms with Crippen molar-refractivity contribution in [2.45, 2.75) is 0 Å². The second-order valence-corrected chi connectivity index (χ2v) is 2.66. The van der Waals surface area contributed by atoms with E-state index < -0.39 is 4.92 Å². The maximum atomic E-state index is 10.3. The van der Waals surface area contributed by atoms with Crippen molar-refractivity contribution < 1.29 is 14.4 Å². The van der Waals surface area contributed by atoms with E-state index in [0.29, 0.717) is 0 Å². The fourth-order valence-electron chi connectivity index (χ4n) is 0.994. The lowest BCUT2D eigenvalue weighted by molar-refractivity contribution is -0.401. The van der Waals surface area contributed by atoms with Gasteiger partial charge in [0.15, 0.2) is 17.3 Å². The van der Waals surface area contributed by atoms with E-state index in [1.54, 1.807) is 0 Å². The summed E-state index contributed by atoms with van der Waals surface area (Å²) in [5, 5.41) is 19.3. The first-order chi connectivity index (χ1) is 7.16. The van der Waals surface area contributed by atoms with Crippen LogP contribution < -0.4 is 0 Å². The van der Waals surface area contributed by atoms with Gasteiger partial charge < -0.3 is 9.52 Å². The third kappa shape index (κ3) is 1.75. The van der Waals surface area contributed by atoms with Gasteiger partial charge in [-0.15, -0.1) is 0 Å². The number of aromatic nitrogens is 2. The minimum atomic E-state index is -0.649. The molecular weight excluding hydrogens is 202 g/mol. The predicted octanol–water partition coefficient (Wildman–Crippen LogP) is 1.35. The zero-order chi connectivity index (χ0) is 10.8. The van der Waals surface area contributed by atoms with E-state index in [9.17, 15) is 10.1 Å². The molecule has 15 heavy (non-hydrogen) atoms. The molecule has 2 rings (SSSR count). The van der Waals surface area contributed by atoms with Crippen molar-refractivity contribution in [1.82, 2.24) is 9.97 Å². The highest BCUT2D eigenvalue weighted by atomic mass is 16.6. The van der Waals surface area contributed by atoms with E-state index in [4.69, 9.17) is 9.52 Å². The Morgan fingerprint density at radius 2 is 2.00 bits per heavy atom. The summed E-state index contributed by atoms with van der Waals surface area (Å²) in [5.74, 6) is -0.0934. The molecule has 0 atom stereocenters. The largest absolute Gasteiger partial charge is 0.505 e. The molecule has 0 saturated heterocycles. The zero-order valence-electron chi connectivity index (χ0n) is 7.32. The molecule has 7 nitrogen and oxygen atoms in total. The van der Waals surface area contributed by atoms with Crippen LogP contribution in [0.15, 0.2) is 28.9 Å². The molecule has 0 amide bonds. The number of hydrogen-bond acceptors (Lipinski definition) is 6. The first kappa shape index (κ1) is 9.13. The third-order valence-corrected chi connectivity index (χ3v) is 1.63. The number of nitrogens with zero attached hydrogens (tertiary/aromatic N) is 3. The van der Waals surface area contributed by atoms with Gasteiger partial charge in [0, 0.05) is 0 Å². The van der Waals surface area contributed by atoms with Crippen LogP contribution in [-0.2, 0) is 0 Å². The fraction of sp³-hybridized carbons (Fsp3) is 0. The van der Waals surface area contributed by atoms with Gasteiger partial charge in [-0.3, -0.25) is 10.1 Å². The number of hydrogen-bond donors (Lipinski definition) is 1. The Balaban J connectivity index is 2.37. The van der Waals surface area contributed by atoms with Crippen molar-refractivity contribution in [2.75, 3.05) is 0 Å². The quantitative estimate of drug-likeness (QED) is 0.588. The van der Waals surface area contributed by atoms with Crippen molar-refractivity contribution in [1.29, 1.82) is 0 Å². The van der Waals surface area contributed by atoms with Gasteiger partial charge in [0.25, 0.3) is 0 Å². The summed E-state index contributed by atoms with van der Waals surface area (Å²) in [6.45, 7) is 0.